The molecule has 0 amide bonds. The Hall–Kier alpha value is -3.41. The Labute approximate surface area is 182 Å². The molecule has 0 aliphatic rings. The first-order chi connectivity index (χ1) is 14.9. The van der Waals surface area contributed by atoms with Gasteiger partial charge in [-0.25, -0.2) is 4.98 Å². The SMILES string of the molecule is CC(Oc1ccc(-c2cnc([C@@](C)(N)CO)[nH]2)cc1)(c1ccccc1)c1ccccc1. The van der Waals surface area contributed by atoms with Gasteiger partial charge in [0.1, 0.15) is 11.6 Å². The number of aliphatic hydroxyl groups excluding tert-OH is 1. The fourth-order valence-corrected chi connectivity index (χ4v) is 3.57. The minimum absolute atomic E-state index is 0.190. The van der Waals surface area contributed by atoms with Gasteiger partial charge in [-0.3, -0.25) is 0 Å². The molecule has 0 saturated carbocycles. The largest absolute Gasteiger partial charge is 0.478 e. The van der Waals surface area contributed by atoms with Crippen LogP contribution in [0.5, 0.6) is 5.75 Å². The summed E-state index contributed by atoms with van der Waals surface area (Å²) in [5, 5.41) is 9.46. The maximum atomic E-state index is 9.46. The van der Waals surface area contributed by atoms with Crippen molar-refractivity contribution in [1.82, 2.24) is 9.97 Å². The fourth-order valence-electron chi connectivity index (χ4n) is 3.57. The highest BCUT2D eigenvalue weighted by Gasteiger charge is 2.31. The lowest BCUT2D eigenvalue weighted by Crippen LogP contribution is -2.38. The zero-order chi connectivity index (χ0) is 21.9. The molecule has 5 nitrogen and oxygen atoms in total. The third-order valence-corrected chi connectivity index (χ3v) is 5.58. The van der Waals surface area contributed by atoms with Crippen molar-refractivity contribution in [1.29, 1.82) is 0 Å². The fraction of sp³-hybridized carbons (Fsp3) is 0.192. The molecule has 0 unspecified atom stereocenters. The maximum absolute atomic E-state index is 9.46. The summed E-state index contributed by atoms with van der Waals surface area (Å²) in [4.78, 5) is 7.53. The van der Waals surface area contributed by atoms with E-state index < -0.39 is 11.1 Å². The maximum Gasteiger partial charge on any atom is 0.156 e. The van der Waals surface area contributed by atoms with E-state index in [1.165, 1.54) is 0 Å². The number of hydrogen-bond donors (Lipinski definition) is 3. The molecule has 3 aromatic carbocycles. The zero-order valence-electron chi connectivity index (χ0n) is 17.7. The highest BCUT2D eigenvalue weighted by Crippen LogP contribution is 2.35. The molecular formula is C26H27N3O2. The van der Waals surface area contributed by atoms with E-state index in [0.717, 1.165) is 28.1 Å². The predicted molar refractivity (Wildman–Crippen MR) is 123 cm³/mol. The molecule has 4 N–H and O–H groups in total. The number of aliphatic hydroxyl groups is 1. The van der Waals surface area contributed by atoms with E-state index in [0.29, 0.717) is 5.82 Å². The number of hydrogen-bond acceptors (Lipinski definition) is 4. The van der Waals surface area contributed by atoms with Gasteiger partial charge in [0.15, 0.2) is 5.60 Å². The van der Waals surface area contributed by atoms with Gasteiger partial charge in [-0.15, -0.1) is 0 Å². The molecule has 0 radical (unpaired) electrons. The summed E-state index contributed by atoms with van der Waals surface area (Å²) >= 11 is 0. The van der Waals surface area contributed by atoms with Gasteiger partial charge in [0, 0.05) is 0 Å². The van der Waals surface area contributed by atoms with Crippen molar-refractivity contribution >= 4 is 0 Å². The summed E-state index contributed by atoms with van der Waals surface area (Å²) in [5.74, 6) is 1.31. The molecule has 0 fully saturated rings. The summed E-state index contributed by atoms with van der Waals surface area (Å²) in [6, 6.07) is 28.3. The van der Waals surface area contributed by atoms with Crippen molar-refractivity contribution in [3.05, 3.63) is 108 Å². The highest BCUT2D eigenvalue weighted by atomic mass is 16.5. The van der Waals surface area contributed by atoms with Crippen LogP contribution in [0.2, 0.25) is 0 Å². The molecule has 0 saturated heterocycles. The van der Waals surface area contributed by atoms with Crippen LogP contribution < -0.4 is 10.5 Å². The topological polar surface area (TPSA) is 84.2 Å². The Morgan fingerprint density at radius 3 is 1.94 bits per heavy atom. The number of nitrogens with zero attached hydrogens (tertiary/aromatic N) is 1. The van der Waals surface area contributed by atoms with Crippen molar-refractivity contribution < 1.29 is 9.84 Å². The molecule has 5 heteroatoms. The van der Waals surface area contributed by atoms with Gasteiger partial charge < -0.3 is 20.6 Å². The quantitative estimate of drug-likeness (QED) is 0.414. The lowest BCUT2D eigenvalue weighted by molar-refractivity contribution is 0.132. The predicted octanol–water partition coefficient (Wildman–Crippen LogP) is 4.59. The normalized spacial score (nSPS) is 13.5. The minimum atomic E-state index is -0.908. The Morgan fingerprint density at radius 2 is 1.42 bits per heavy atom. The first kappa shape index (κ1) is 20.8. The number of nitrogens with two attached hydrogens (primary N) is 1. The van der Waals surface area contributed by atoms with Gasteiger partial charge in [-0.05, 0) is 54.8 Å². The molecule has 0 aliphatic carbocycles. The number of benzene rings is 3. The minimum Gasteiger partial charge on any atom is -0.478 e. The van der Waals surface area contributed by atoms with Gasteiger partial charge in [0.25, 0.3) is 0 Å². The van der Waals surface area contributed by atoms with E-state index in [1.54, 1.807) is 13.1 Å². The molecule has 1 aromatic heterocycles. The lowest BCUT2D eigenvalue weighted by atomic mass is 9.88. The highest BCUT2D eigenvalue weighted by molar-refractivity contribution is 5.60. The van der Waals surface area contributed by atoms with E-state index in [-0.39, 0.29) is 6.61 Å². The van der Waals surface area contributed by atoms with Crippen LogP contribution in [0, 0.1) is 0 Å². The molecule has 0 aliphatic heterocycles. The average Bonchev–Trinajstić information content (AvgIpc) is 3.32. The number of imidazole rings is 1. The van der Waals surface area contributed by atoms with E-state index in [1.807, 2.05) is 60.7 Å². The molecule has 158 valence electrons. The van der Waals surface area contributed by atoms with Crippen LogP contribution in [0.1, 0.15) is 30.8 Å². The lowest BCUT2D eigenvalue weighted by Gasteiger charge is -2.32. The molecule has 1 heterocycles. The van der Waals surface area contributed by atoms with E-state index >= 15 is 0 Å². The zero-order valence-corrected chi connectivity index (χ0v) is 17.7. The number of nitrogens with one attached hydrogen (secondary N) is 1. The summed E-state index contributed by atoms with van der Waals surface area (Å²) in [7, 11) is 0. The Morgan fingerprint density at radius 1 is 0.871 bits per heavy atom. The van der Waals surface area contributed by atoms with Crippen LogP contribution in [0.4, 0.5) is 0 Å². The van der Waals surface area contributed by atoms with Crippen LogP contribution in [0.3, 0.4) is 0 Å². The number of rotatable bonds is 7. The van der Waals surface area contributed by atoms with Crippen molar-refractivity contribution in [2.75, 3.05) is 6.61 Å². The molecule has 4 rings (SSSR count). The molecular weight excluding hydrogens is 386 g/mol. The van der Waals surface area contributed by atoms with E-state index in [9.17, 15) is 5.11 Å². The van der Waals surface area contributed by atoms with Gasteiger partial charge in [-0.1, -0.05) is 60.7 Å². The van der Waals surface area contributed by atoms with Gasteiger partial charge >= 0.3 is 0 Å². The number of aromatic amines is 1. The molecule has 0 bridgehead atoms. The second-order valence-corrected chi connectivity index (χ2v) is 8.11. The smallest absolute Gasteiger partial charge is 0.156 e. The van der Waals surface area contributed by atoms with Gasteiger partial charge in [0.2, 0.25) is 0 Å². The molecule has 4 aromatic rings. The van der Waals surface area contributed by atoms with Gasteiger partial charge in [0.05, 0.1) is 24.0 Å². The monoisotopic (exact) mass is 413 g/mol. The standard InChI is InChI=1S/C26H27N3O2/c1-25(27,18-30)24-28-17-23(29-24)19-13-15-22(16-14-19)31-26(2,20-9-5-3-6-10-20)21-11-7-4-8-12-21/h3-17,30H,18,27H2,1-2H3,(H,28,29)/t25-/m0/s1. The van der Waals surface area contributed by atoms with E-state index in [2.05, 4.69) is 41.2 Å². The number of ether oxygens (including phenoxy) is 1. The second kappa shape index (κ2) is 8.38. The first-order valence-corrected chi connectivity index (χ1v) is 10.3. The van der Waals surface area contributed by atoms with Crippen molar-refractivity contribution in [3.63, 3.8) is 0 Å². The van der Waals surface area contributed by atoms with Crippen molar-refractivity contribution in [3.8, 4) is 17.0 Å². The Kier molecular flexibility index (Phi) is 5.63. The third kappa shape index (κ3) is 4.24. The first-order valence-electron chi connectivity index (χ1n) is 10.3. The molecule has 1 atom stereocenters. The third-order valence-electron chi connectivity index (χ3n) is 5.58. The van der Waals surface area contributed by atoms with Crippen LogP contribution in [0.25, 0.3) is 11.3 Å². The summed E-state index contributed by atoms with van der Waals surface area (Å²) < 4.78 is 6.56. The van der Waals surface area contributed by atoms with Crippen LogP contribution in [-0.4, -0.2) is 21.7 Å². The van der Waals surface area contributed by atoms with Crippen molar-refractivity contribution in [2.24, 2.45) is 5.73 Å². The Balaban J connectivity index is 1.63. The van der Waals surface area contributed by atoms with Crippen LogP contribution in [-0.2, 0) is 11.1 Å². The average molecular weight is 414 g/mol. The van der Waals surface area contributed by atoms with Crippen LogP contribution >= 0.6 is 0 Å². The second-order valence-electron chi connectivity index (χ2n) is 8.11. The summed E-state index contributed by atoms with van der Waals surface area (Å²) in [6.45, 7) is 3.63. The number of aromatic nitrogens is 2. The molecule has 0 spiro atoms. The van der Waals surface area contributed by atoms with Crippen molar-refractivity contribution in [2.45, 2.75) is 25.0 Å². The van der Waals surface area contributed by atoms with Crippen LogP contribution in [0.15, 0.2) is 91.1 Å². The Bertz CT molecular complexity index is 1080. The summed E-state index contributed by atoms with van der Waals surface area (Å²) in [6.07, 6.45) is 1.73. The molecule has 31 heavy (non-hydrogen) atoms. The number of H-pyrrole nitrogens is 1. The summed E-state index contributed by atoms with van der Waals surface area (Å²) in [5.41, 5.74) is 8.48. The van der Waals surface area contributed by atoms with Gasteiger partial charge in [-0.2, -0.15) is 0 Å². The van der Waals surface area contributed by atoms with E-state index in [4.69, 9.17) is 10.5 Å².